The van der Waals surface area contributed by atoms with Crippen molar-refractivity contribution in [2.75, 3.05) is 19.6 Å². The van der Waals surface area contributed by atoms with Gasteiger partial charge in [-0.25, -0.2) is 4.39 Å². The predicted octanol–water partition coefficient (Wildman–Crippen LogP) is 4.11. The summed E-state index contributed by atoms with van der Waals surface area (Å²) in [6.07, 6.45) is 5.19. The smallest absolute Gasteiger partial charge is 0.129 e. The Morgan fingerprint density at radius 2 is 2.14 bits per heavy atom. The topological polar surface area (TPSA) is 15.3 Å². The van der Waals surface area contributed by atoms with E-state index in [9.17, 15) is 4.39 Å². The Balaban J connectivity index is 1.73. The van der Waals surface area contributed by atoms with Crippen LogP contribution in [0.25, 0.3) is 0 Å². The summed E-state index contributed by atoms with van der Waals surface area (Å²) in [6, 6.07) is 6.16. The van der Waals surface area contributed by atoms with Crippen LogP contribution in [0.3, 0.4) is 0 Å². The first kappa shape index (κ1) is 15.4. The number of nitrogens with one attached hydrogen (secondary N) is 1. The van der Waals surface area contributed by atoms with E-state index < -0.39 is 0 Å². The first-order valence-electron chi connectivity index (χ1n) is 8.06. The van der Waals surface area contributed by atoms with Crippen LogP contribution in [0.1, 0.15) is 44.2 Å². The Kier molecular flexibility index (Phi) is 4.97. The number of hydrogen-bond donors (Lipinski definition) is 1. The van der Waals surface area contributed by atoms with Crippen molar-refractivity contribution in [3.63, 3.8) is 0 Å². The number of rotatable bonds is 6. The fourth-order valence-electron chi connectivity index (χ4n) is 3.26. The molecular weight excluding hydrogens is 331 g/mol. The Hall–Kier alpha value is -0.450. The molecule has 1 saturated heterocycles. The van der Waals surface area contributed by atoms with Gasteiger partial charge in [0.2, 0.25) is 0 Å². The first-order chi connectivity index (χ1) is 10.1. The quantitative estimate of drug-likeness (QED) is 0.826. The van der Waals surface area contributed by atoms with Gasteiger partial charge < -0.3 is 5.32 Å². The van der Waals surface area contributed by atoms with E-state index in [0.29, 0.717) is 6.04 Å². The highest BCUT2D eigenvalue weighted by atomic mass is 79.9. The van der Waals surface area contributed by atoms with Crippen molar-refractivity contribution >= 4 is 15.9 Å². The zero-order valence-corrected chi connectivity index (χ0v) is 14.2. The fraction of sp³-hybridized carbons (Fsp3) is 0.647. The minimum atomic E-state index is -0.1000. The molecule has 1 aliphatic carbocycles. The molecule has 2 unspecified atom stereocenters. The molecule has 116 valence electrons. The van der Waals surface area contributed by atoms with E-state index in [1.165, 1.54) is 25.7 Å². The lowest BCUT2D eigenvalue weighted by Gasteiger charge is -2.32. The second-order valence-corrected chi connectivity index (χ2v) is 7.45. The van der Waals surface area contributed by atoms with E-state index in [-0.39, 0.29) is 11.9 Å². The summed E-state index contributed by atoms with van der Waals surface area (Å²) in [6.45, 7) is 5.41. The number of benzene rings is 1. The summed E-state index contributed by atoms with van der Waals surface area (Å²) in [5, 5.41) is 3.57. The van der Waals surface area contributed by atoms with Gasteiger partial charge in [0.15, 0.2) is 0 Å². The minimum Gasteiger partial charge on any atom is -0.313 e. The molecule has 4 heteroatoms. The van der Waals surface area contributed by atoms with Gasteiger partial charge in [-0.05, 0) is 57.2 Å². The summed E-state index contributed by atoms with van der Waals surface area (Å²) in [5.41, 5.74) is 0.817. The lowest BCUT2D eigenvalue weighted by molar-refractivity contribution is 0.181. The molecule has 0 bridgehead atoms. The van der Waals surface area contributed by atoms with Gasteiger partial charge in [0.05, 0.1) is 0 Å². The fourth-order valence-corrected chi connectivity index (χ4v) is 3.59. The maximum atomic E-state index is 14.3. The van der Waals surface area contributed by atoms with Crippen LogP contribution in [-0.2, 0) is 0 Å². The van der Waals surface area contributed by atoms with Crippen LogP contribution >= 0.6 is 15.9 Å². The molecule has 2 atom stereocenters. The van der Waals surface area contributed by atoms with Crippen LogP contribution in [0.2, 0.25) is 0 Å². The lowest BCUT2D eigenvalue weighted by Crippen LogP contribution is -2.40. The average Bonchev–Trinajstić information content (AvgIpc) is 3.11. The third-order valence-corrected chi connectivity index (χ3v) is 5.26. The summed E-state index contributed by atoms with van der Waals surface area (Å²) in [5.74, 6) is 0.726. The van der Waals surface area contributed by atoms with Crippen molar-refractivity contribution in [2.45, 2.75) is 44.7 Å². The van der Waals surface area contributed by atoms with E-state index in [2.05, 4.69) is 33.1 Å². The van der Waals surface area contributed by atoms with Gasteiger partial charge in [0, 0.05) is 35.2 Å². The standard InChI is InChI=1S/C17H24BrFN2/c1-12(16-7-6-14(18)9-17(16)19)21(10-13-4-5-13)11-15-3-2-8-20-15/h6-7,9,12-13,15,20H,2-5,8,10-11H2,1H3. The van der Waals surface area contributed by atoms with Crippen LogP contribution in [-0.4, -0.2) is 30.6 Å². The average molecular weight is 355 g/mol. The van der Waals surface area contributed by atoms with E-state index in [4.69, 9.17) is 0 Å². The van der Waals surface area contributed by atoms with Crippen LogP contribution < -0.4 is 5.32 Å². The Morgan fingerprint density at radius 1 is 1.33 bits per heavy atom. The van der Waals surface area contributed by atoms with Crippen molar-refractivity contribution < 1.29 is 4.39 Å². The van der Waals surface area contributed by atoms with Gasteiger partial charge >= 0.3 is 0 Å². The van der Waals surface area contributed by atoms with Crippen molar-refractivity contribution in [3.05, 3.63) is 34.1 Å². The summed E-state index contributed by atoms with van der Waals surface area (Å²) < 4.78 is 15.1. The predicted molar refractivity (Wildman–Crippen MR) is 87.8 cm³/mol. The van der Waals surface area contributed by atoms with Crippen LogP contribution in [0, 0.1) is 11.7 Å². The monoisotopic (exact) mass is 354 g/mol. The Labute approximate surface area is 135 Å². The summed E-state index contributed by atoms with van der Waals surface area (Å²) in [4.78, 5) is 2.48. The third kappa shape index (κ3) is 4.05. The molecule has 0 aromatic heterocycles. The molecule has 2 aliphatic rings. The maximum absolute atomic E-state index is 14.3. The number of nitrogens with zero attached hydrogens (tertiary/aromatic N) is 1. The Bertz CT molecular complexity index is 484. The number of halogens is 2. The molecule has 3 rings (SSSR count). The molecule has 2 fully saturated rings. The zero-order chi connectivity index (χ0) is 14.8. The van der Waals surface area contributed by atoms with Crippen molar-refractivity contribution in [3.8, 4) is 0 Å². The van der Waals surface area contributed by atoms with Gasteiger partial charge in [-0.1, -0.05) is 22.0 Å². The molecule has 0 radical (unpaired) electrons. The van der Waals surface area contributed by atoms with Crippen LogP contribution in [0.4, 0.5) is 4.39 Å². The van der Waals surface area contributed by atoms with Crippen molar-refractivity contribution in [1.82, 2.24) is 10.2 Å². The van der Waals surface area contributed by atoms with Crippen molar-refractivity contribution in [1.29, 1.82) is 0 Å². The van der Waals surface area contributed by atoms with Gasteiger partial charge in [0.25, 0.3) is 0 Å². The maximum Gasteiger partial charge on any atom is 0.129 e. The molecule has 1 aromatic carbocycles. The highest BCUT2D eigenvalue weighted by Crippen LogP contribution is 2.34. The van der Waals surface area contributed by atoms with Gasteiger partial charge in [-0.15, -0.1) is 0 Å². The van der Waals surface area contributed by atoms with Gasteiger partial charge in [-0.2, -0.15) is 0 Å². The van der Waals surface area contributed by atoms with Crippen LogP contribution in [0.5, 0.6) is 0 Å². The highest BCUT2D eigenvalue weighted by Gasteiger charge is 2.30. The first-order valence-corrected chi connectivity index (χ1v) is 8.85. The van der Waals surface area contributed by atoms with Gasteiger partial charge in [-0.3, -0.25) is 4.90 Å². The third-order valence-electron chi connectivity index (χ3n) is 4.77. The lowest BCUT2D eigenvalue weighted by atomic mass is 10.0. The van der Waals surface area contributed by atoms with E-state index in [0.717, 1.165) is 35.6 Å². The molecule has 0 amide bonds. The zero-order valence-electron chi connectivity index (χ0n) is 12.6. The molecule has 1 aliphatic heterocycles. The normalized spacial score (nSPS) is 23.7. The minimum absolute atomic E-state index is 0.1000. The molecule has 0 spiro atoms. The molecule has 1 heterocycles. The van der Waals surface area contributed by atoms with E-state index >= 15 is 0 Å². The molecule has 2 nitrogen and oxygen atoms in total. The molecule has 1 aromatic rings. The van der Waals surface area contributed by atoms with Gasteiger partial charge in [0.1, 0.15) is 5.82 Å². The van der Waals surface area contributed by atoms with Crippen LogP contribution in [0.15, 0.2) is 22.7 Å². The largest absolute Gasteiger partial charge is 0.313 e. The van der Waals surface area contributed by atoms with Crippen molar-refractivity contribution in [2.24, 2.45) is 5.92 Å². The second-order valence-electron chi connectivity index (χ2n) is 6.53. The second kappa shape index (κ2) is 6.76. The molecule has 21 heavy (non-hydrogen) atoms. The molecular formula is C17H24BrFN2. The summed E-state index contributed by atoms with van der Waals surface area (Å²) >= 11 is 3.34. The highest BCUT2D eigenvalue weighted by molar-refractivity contribution is 9.10. The summed E-state index contributed by atoms with van der Waals surface area (Å²) in [7, 11) is 0. The Morgan fingerprint density at radius 3 is 2.76 bits per heavy atom. The SMILES string of the molecule is CC(c1ccc(Br)cc1F)N(CC1CC1)CC1CCCN1. The molecule has 1 N–H and O–H groups in total. The van der Waals surface area contributed by atoms with E-state index in [1.54, 1.807) is 6.07 Å². The molecule has 1 saturated carbocycles. The van der Waals surface area contributed by atoms with E-state index in [1.807, 2.05) is 12.1 Å². The number of hydrogen-bond acceptors (Lipinski definition) is 2.